The molecule has 0 bridgehead atoms. The summed E-state index contributed by atoms with van der Waals surface area (Å²) in [5.74, 6) is 1.53. The Balaban J connectivity index is 1.28. The number of thioether (sulfide) groups is 1. The number of Topliss-reactive ketones (excluding diaryl/α,β-unsaturated/α-hetero) is 1. The van der Waals surface area contributed by atoms with E-state index in [0.29, 0.717) is 30.6 Å². The van der Waals surface area contributed by atoms with Crippen LogP contribution in [-0.2, 0) is 23.1 Å². The predicted octanol–water partition coefficient (Wildman–Crippen LogP) is 6.45. The van der Waals surface area contributed by atoms with Gasteiger partial charge >= 0.3 is 0 Å². The number of ketones is 1. The molecule has 1 atom stereocenters. The van der Waals surface area contributed by atoms with E-state index in [4.69, 9.17) is 0 Å². The second-order valence-electron chi connectivity index (χ2n) is 10.3. The normalized spacial score (nSPS) is 19.4. The predicted molar refractivity (Wildman–Crippen MR) is 152 cm³/mol. The molecule has 5 rings (SSSR count). The van der Waals surface area contributed by atoms with Crippen LogP contribution in [0.1, 0.15) is 66.7 Å². The zero-order valence-electron chi connectivity index (χ0n) is 21.8. The number of hydrogen-bond donors (Lipinski definition) is 1. The molecular weight excluding hydrogens is 478 g/mol. The van der Waals surface area contributed by atoms with Crippen molar-refractivity contribution in [1.82, 2.24) is 4.98 Å². The highest BCUT2D eigenvalue weighted by Gasteiger charge is 2.40. The first-order valence-corrected chi connectivity index (χ1v) is 14.4. The van der Waals surface area contributed by atoms with Gasteiger partial charge in [0.15, 0.2) is 5.78 Å². The number of amides is 1. The molecule has 1 fully saturated rings. The molecule has 1 amide bonds. The van der Waals surface area contributed by atoms with Crippen LogP contribution in [0, 0.1) is 0 Å². The molecule has 6 heteroatoms. The number of pyridine rings is 1. The Morgan fingerprint density at radius 3 is 2.59 bits per heavy atom. The van der Waals surface area contributed by atoms with Gasteiger partial charge in [0.1, 0.15) is 5.82 Å². The molecule has 0 spiro atoms. The summed E-state index contributed by atoms with van der Waals surface area (Å²) in [6.45, 7) is 6.35. The van der Waals surface area contributed by atoms with Crippen molar-refractivity contribution in [3.05, 3.63) is 83.0 Å². The molecule has 3 aromatic rings. The molecule has 192 valence electrons. The van der Waals surface area contributed by atoms with Crippen LogP contribution in [-0.4, -0.2) is 35.5 Å². The van der Waals surface area contributed by atoms with Gasteiger partial charge in [-0.3, -0.25) is 9.59 Å². The third-order valence-corrected chi connectivity index (χ3v) is 8.55. The average molecular weight is 514 g/mol. The summed E-state index contributed by atoms with van der Waals surface area (Å²) in [4.78, 5) is 34.7. The minimum absolute atomic E-state index is 0.107. The standard InChI is InChI=1S/C31H35N3O2S/c1-3-37-25-12-10-22(11-13-25)20-29(35)33-28-15-14-26-27(32-28)16-17-31(2,30(26)36)23-8-7-9-24(21-23)34-18-5-4-6-19-34/h7-15,21H,3-6,16-20H2,1-2H3,(H,32,33,35). The zero-order chi connectivity index (χ0) is 25.8. The Kier molecular flexibility index (Phi) is 7.65. The van der Waals surface area contributed by atoms with Crippen molar-refractivity contribution in [2.45, 2.75) is 62.7 Å². The van der Waals surface area contributed by atoms with Crippen LogP contribution in [0.15, 0.2) is 65.6 Å². The Morgan fingerprint density at radius 2 is 1.84 bits per heavy atom. The zero-order valence-corrected chi connectivity index (χ0v) is 22.6. The van der Waals surface area contributed by atoms with E-state index in [2.05, 4.69) is 65.4 Å². The van der Waals surface area contributed by atoms with Crippen LogP contribution in [0.25, 0.3) is 0 Å². The van der Waals surface area contributed by atoms with E-state index >= 15 is 0 Å². The van der Waals surface area contributed by atoms with Crippen LogP contribution in [0.4, 0.5) is 11.5 Å². The topological polar surface area (TPSA) is 62.3 Å². The number of hydrogen-bond acceptors (Lipinski definition) is 5. The Labute approximate surface area is 224 Å². The molecule has 1 unspecified atom stereocenters. The van der Waals surface area contributed by atoms with Gasteiger partial charge in [0, 0.05) is 29.2 Å². The number of anilines is 2. The van der Waals surface area contributed by atoms with Crippen LogP contribution >= 0.6 is 11.8 Å². The van der Waals surface area contributed by atoms with Crippen LogP contribution in [0.3, 0.4) is 0 Å². The summed E-state index contributed by atoms with van der Waals surface area (Å²) in [5, 5.41) is 2.92. The van der Waals surface area contributed by atoms with Gasteiger partial charge in [-0.1, -0.05) is 31.2 Å². The third kappa shape index (κ3) is 5.59. The maximum absolute atomic E-state index is 13.7. The molecule has 0 saturated carbocycles. The van der Waals surface area contributed by atoms with Gasteiger partial charge in [-0.2, -0.15) is 0 Å². The Morgan fingerprint density at radius 1 is 1.05 bits per heavy atom. The van der Waals surface area contributed by atoms with Gasteiger partial charge in [-0.05, 0) is 92.3 Å². The first-order valence-electron chi connectivity index (χ1n) is 13.4. The lowest BCUT2D eigenvalue weighted by Crippen LogP contribution is -2.38. The van der Waals surface area contributed by atoms with E-state index in [1.54, 1.807) is 17.8 Å². The quantitative estimate of drug-likeness (QED) is 0.368. The second kappa shape index (κ2) is 11.1. The Bertz CT molecular complexity index is 1280. The van der Waals surface area contributed by atoms with Crippen molar-refractivity contribution in [3.8, 4) is 0 Å². The number of carbonyl (C=O) groups is 2. The molecule has 2 heterocycles. The molecule has 2 aliphatic rings. The lowest BCUT2D eigenvalue weighted by molar-refractivity contribution is -0.115. The monoisotopic (exact) mass is 513 g/mol. The summed E-state index contributed by atoms with van der Waals surface area (Å²) in [5.41, 5.74) is 4.12. The molecule has 0 radical (unpaired) electrons. The van der Waals surface area contributed by atoms with E-state index in [-0.39, 0.29) is 11.7 Å². The summed E-state index contributed by atoms with van der Waals surface area (Å²) >= 11 is 1.78. The minimum atomic E-state index is -0.576. The number of nitrogens with one attached hydrogen (secondary N) is 1. The second-order valence-corrected chi connectivity index (χ2v) is 11.6. The van der Waals surface area contributed by atoms with Gasteiger partial charge in [0.2, 0.25) is 5.91 Å². The van der Waals surface area contributed by atoms with Crippen LogP contribution in [0.2, 0.25) is 0 Å². The van der Waals surface area contributed by atoms with Crippen molar-refractivity contribution in [2.75, 3.05) is 29.1 Å². The van der Waals surface area contributed by atoms with E-state index in [0.717, 1.165) is 35.7 Å². The fourth-order valence-corrected chi connectivity index (χ4v) is 6.13. The molecule has 5 nitrogen and oxygen atoms in total. The largest absolute Gasteiger partial charge is 0.372 e. The minimum Gasteiger partial charge on any atom is -0.372 e. The van der Waals surface area contributed by atoms with Gasteiger partial charge in [0.25, 0.3) is 0 Å². The number of fused-ring (bicyclic) bond motifs is 1. The lowest BCUT2D eigenvalue weighted by Gasteiger charge is -2.35. The highest BCUT2D eigenvalue weighted by atomic mass is 32.2. The first-order chi connectivity index (χ1) is 18.0. The molecule has 1 saturated heterocycles. The lowest BCUT2D eigenvalue weighted by atomic mass is 9.69. The van der Waals surface area contributed by atoms with Crippen LogP contribution in [0.5, 0.6) is 0 Å². The molecule has 1 aromatic heterocycles. The maximum Gasteiger partial charge on any atom is 0.229 e. The number of nitrogens with zero attached hydrogens (tertiary/aromatic N) is 2. The fourth-order valence-electron chi connectivity index (χ4n) is 5.46. The van der Waals surface area contributed by atoms with E-state index in [9.17, 15) is 9.59 Å². The molecule has 2 aromatic carbocycles. The number of piperidine rings is 1. The van der Waals surface area contributed by atoms with Crippen LogP contribution < -0.4 is 10.2 Å². The van der Waals surface area contributed by atoms with Gasteiger partial charge in [0.05, 0.1) is 17.5 Å². The summed E-state index contributed by atoms with van der Waals surface area (Å²) < 4.78 is 0. The molecule has 1 N–H and O–H groups in total. The third-order valence-electron chi connectivity index (χ3n) is 7.65. The SMILES string of the molecule is CCSc1ccc(CC(=O)Nc2ccc3c(n2)CCC(C)(c2cccc(N4CCCCC4)c2)C3=O)cc1. The summed E-state index contributed by atoms with van der Waals surface area (Å²) in [7, 11) is 0. The number of rotatable bonds is 7. The van der Waals surface area contributed by atoms with Gasteiger partial charge in [-0.25, -0.2) is 4.98 Å². The molecule has 1 aliphatic heterocycles. The van der Waals surface area contributed by atoms with Crippen molar-refractivity contribution < 1.29 is 9.59 Å². The summed E-state index contributed by atoms with van der Waals surface area (Å²) in [6.07, 6.45) is 5.44. The Hall–Kier alpha value is -3.12. The highest BCUT2D eigenvalue weighted by Crippen LogP contribution is 2.39. The fraction of sp³-hybridized carbons (Fsp3) is 0.387. The number of aromatic nitrogens is 1. The van der Waals surface area contributed by atoms with E-state index in [1.807, 2.05) is 18.2 Å². The van der Waals surface area contributed by atoms with Crippen molar-refractivity contribution in [1.29, 1.82) is 0 Å². The number of benzene rings is 2. The number of carbonyl (C=O) groups excluding carboxylic acids is 2. The molecule has 1 aliphatic carbocycles. The molecule has 37 heavy (non-hydrogen) atoms. The number of aryl methyl sites for hydroxylation is 1. The average Bonchev–Trinajstić information content (AvgIpc) is 2.93. The highest BCUT2D eigenvalue weighted by molar-refractivity contribution is 7.99. The molecular formula is C31H35N3O2S. The maximum atomic E-state index is 13.7. The van der Waals surface area contributed by atoms with Crippen molar-refractivity contribution in [2.24, 2.45) is 0 Å². The summed E-state index contributed by atoms with van der Waals surface area (Å²) in [6, 6.07) is 20.2. The van der Waals surface area contributed by atoms with Gasteiger partial charge < -0.3 is 10.2 Å². The van der Waals surface area contributed by atoms with Crippen molar-refractivity contribution in [3.63, 3.8) is 0 Å². The smallest absolute Gasteiger partial charge is 0.229 e. The first kappa shape index (κ1) is 25.5. The van der Waals surface area contributed by atoms with E-state index < -0.39 is 5.41 Å². The van der Waals surface area contributed by atoms with Crippen molar-refractivity contribution >= 4 is 35.0 Å². The van der Waals surface area contributed by atoms with Gasteiger partial charge in [-0.15, -0.1) is 11.8 Å². The van der Waals surface area contributed by atoms with E-state index in [1.165, 1.54) is 29.8 Å².